The average molecular weight is 288 g/mol. The fraction of sp³-hybridized carbons (Fsp3) is 0.500. The Hall–Kier alpha value is -2.38. The van der Waals surface area contributed by atoms with Crippen LogP contribution in [0.1, 0.15) is 19.8 Å². The second-order valence-electron chi connectivity index (χ2n) is 3.56. The normalized spacial score (nSPS) is 11.1. The summed E-state index contributed by atoms with van der Waals surface area (Å²) in [6.07, 6.45) is -0.697. The smallest absolute Gasteiger partial charge is 0.344 e. The van der Waals surface area contributed by atoms with Crippen molar-refractivity contribution in [3.8, 4) is 0 Å². The number of rotatable bonds is 9. The lowest BCUT2D eigenvalue weighted by Gasteiger charge is -2.09. The number of carbonyl (C=O) groups is 4. The van der Waals surface area contributed by atoms with Gasteiger partial charge in [-0.3, -0.25) is 9.59 Å². The first-order valence-electron chi connectivity index (χ1n) is 5.74. The number of carbonyl (C=O) groups excluding carboxylic acids is 3. The maximum atomic E-state index is 11.1. The fourth-order valence-corrected chi connectivity index (χ4v) is 0.921. The molecule has 0 bridgehead atoms. The average Bonchev–Trinajstić information content (AvgIpc) is 2.38. The highest BCUT2D eigenvalue weighted by Gasteiger charge is 2.16. The first kappa shape index (κ1) is 17.6. The van der Waals surface area contributed by atoms with Crippen molar-refractivity contribution in [1.82, 2.24) is 0 Å². The molecule has 0 heterocycles. The van der Waals surface area contributed by atoms with E-state index in [2.05, 4.69) is 20.8 Å². The number of hydrogen-bond donors (Lipinski definition) is 1. The maximum Gasteiger partial charge on any atom is 0.344 e. The molecule has 1 N–H and O–H groups in total. The van der Waals surface area contributed by atoms with Gasteiger partial charge in [-0.25, -0.2) is 9.59 Å². The minimum absolute atomic E-state index is 0.149. The van der Waals surface area contributed by atoms with Gasteiger partial charge in [0.1, 0.15) is 13.2 Å². The van der Waals surface area contributed by atoms with Gasteiger partial charge in [-0.15, -0.1) is 0 Å². The van der Waals surface area contributed by atoms with Crippen LogP contribution in [0.15, 0.2) is 12.7 Å². The highest BCUT2D eigenvalue weighted by molar-refractivity contribution is 5.81. The first-order chi connectivity index (χ1) is 9.36. The molecule has 0 saturated heterocycles. The van der Waals surface area contributed by atoms with Crippen LogP contribution in [0.3, 0.4) is 0 Å². The minimum atomic E-state index is -1.26. The predicted octanol–water partition coefficient (Wildman–Crippen LogP) is 0.0553. The Kier molecular flexibility index (Phi) is 8.40. The van der Waals surface area contributed by atoms with Crippen LogP contribution in [-0.2, 0) is 33.4 Å². The van der Waals surface area contributed by atoms with Crippen LogP contribution in [0, 0.1) is 0 Å². The molecule has 0 spiro atoms. The zero-order valence-corrected chi connectivity index (χ0v) is 11.0. The quantitative estimate of drug-likeness (QED) is 0.359. The van der Waals surface area contributed by atoms with E-state index in [4.69, 9.17) is 5.11 Å². The summed E-state index contributed by atoms with van der Waals surface area (Å²) in [5.41, 5.74) is 0. The molecule has 0 saturated carbocycles. The monoisotopic (exact) mass is 288 g/mol. The van der Waals surface area contributed by atoms with E-state index in [0.717, 1.165) is 6.08 Å². The van der Waals surface area contributed by atoms with Gasteiger partial charge in [0.25, 0.3) is 0 Å². The van der Waals surface area contributed by atoms with Gasteiger partial charge in [0.05, 0.1) is 12.8 Å². The summed E-state index contributed by atoms with van der Waals surface area (Å²) in [5, 5.41) is 8.50. The molecule has 8 nitrogen and oxygen atoms in total. The number of aliphatic carboxylic acids is 1. The van der Waals surface area contributed by atoms with Gasteiger partial charge in [-0.05, 0) is 6.92 Å². The van der Waals surface area contributed by atoms with Crippen LogP contribution in [-0.4, -0.2) is 48.3 Å². The molecule has 0 fully saturated rings. The van der Waals surface area contributed by atoms with Crippen molar-refractivity contribution in [3.63, 3.8) is 0 Å². The van der Waals surface area contributed by atoms with Crippen LogP contribution in [0.2, 0.25) is 0 Å². The highest BCUT2D eigenvalue weighted by atomic mass is 16.6. The number of esters is 3. The number of hydrogen-bond acceptors (Lipinski definition) is 7. The molecule has 112 valence electrons. The molecule has 1 unspecified atom stereocenters. The van der Waals surface area contributed by atoms with E-state index in [1.54, 1.807) is 0 Å². The van der Waals surface area contributed by atoms with E-state index in [9.17, 15) is 19.2 Å². The van der Waals surface area contributed by atoms with E-state index in [1.807, 2.05) is 0 Å². The molecule has 0 aromatic carbocycles. The van der Waals surface area contributed by atoms with Crippen LogP contribution < -0.4 is 0 Å². The van der Waals surface area contributed by atoms with E-state index in [1.165, 1.54) is 6.92 Å². The highest BCUT2D eigenvalue weighted by Crippen LogP contribution is 1.97. The van der Waals surface area contributed by atoms with Crippen molar-refractivity contribution in [2.24, 2.45) is 0 Å². The summed E-state index contributed by atoms with van der Waals surface area (Å²) in [4.78, 5) is 43.3. The molecular formula is C12H16O8. The second-order valence-corrected chi connectivity index (χ2v) is 3.56. The van der Waals surface area contributed by atoms with Gasteiger partial charge < -0.3 is 19.3 Å². The first-order valence-corrected chi connectivity index (χ1v) is 5.74. The Bertz CT molecular complexity index is 387. The third-order valence-electron chi connectivity index (χ3n) is 1.94. The molecule has 0 rings (SSSR count). The van der Waals surface area contributed by atoms with Gasteiger partial charge in [-0.1, -0.05) is 6.58 Å². The number of ether oxygens (including phenoxy) is 3. The van der Waals surface area contributed by atoms with Gasteiger partial charge >= 0.3 is 23.9 Å². The van der Waals surface area contributed by atoms with E-state index >= 15 is 0 Å². The van der Waals surface area contributed by atoms with Crippen molar-refractivity contribution in [2.75, 3.05) is 13.2 Å². The van der Waals surface area contributed by atoms with Crippen LogP contribution in [0.4, 0.5) is 0 Å². The van der Waals surface area contributed by atoms with Gasteiger partial charge in [0, 0.05) is 6.08 Å². The molecule has 0 amide bonds. The molecule has 1 atom stereocenters. The van der Waals surface area contributed by atoms with Crippen LogP contribution in [0.25, 0.3) is 0 Å². The maximum absolute atomic E-state index is 11.1. The van der Waals surface area contributed by atoms with Crippen molar-refractivity contribution >= 4 is 23.9 Å². The largest absolute Gasteiger partial charge is 0.479 e. The lowest BCUT2D eigenvalue weighted by Crippen LogP contribution is -2.24. The summed E-state index contributed by atoms with van der Waals surface area (Å²) in [5.74, 6) is -3.35. The van der Waals surface area contributed by atoms with Crippen LogP contribution >= 0.6 is 0 Å². The van der Waals surface area contributed by atoms with Crippen molar-refractivity contribution in [2.45, 2.75) is 25.9 Å². The number of carboxylic acid groups (broad SMARTS) is 1. The summed E-state index contributed by atoms with van der Waals surface area (Å²) >= 11 is 0. The van der Waals surface area contributed by atoms with Gasteiger partial charge in [-0.2, -0.15) is 0 Å². The second kappa shape index (κ2) is 9.54. The Labute approximate surface area is 115 Å². The summed E-state index contributed by atoms with van der Waals surface area (Å²) in [7, 11) is 0. The molecule has 0 aliphatic carbocycles. The molecule has 0 radical (unpaired) electrons. The lowest BCUT2D eigenvalue weighted by molar-refractivity contribution is -0.164. The topological polar surface area (TPSA) is 116 Å². The molecule has 8 heteroatoms. The predicted molar refractivity (Wildman–Crippen MR) is 64.5 cm³/mol. The van der Waals surface area contributed by atoms with E-state index < -0.39 is 30.0 Å². The summed E-state index contributed by atoms with van der Waals surface area (Å²) < 4.78 is 13.7. The van der Waals surface area contributed by atoms with Gasteiger partial charge in [0.15, 0.2) is 6.10 Å². The Morgan fingerprint density at radius 1 is 1.10 bits per heavy atom. The Balaban J connectivity index is 3.70. The zero-order chi connectivity index (χ0) is 15.5. The Morgan fingerprint density at radius 3 is 2.20 bits per heavy atom. The molecule has 0 aromatic heterocycles. The molecule has 0 aromatic rings. The fourth-order valence-electron chi connectivity index (χ4n) is 0.921. The third-order valence-corrected chi connectivity index (χ3v) is 1.94. The van der Waals surface area contributed by atoms with Crippen molar-refractivity contribution in [3.05, 3.63) is 12.7 Å². The van der Waals surface area contributed by atoms with Crippen molar-refractivity contribution in [1.29, 1.82) is 0 Å². The molecular weight excluding hydrogens is 272 g/mol. The van der Waals surface area contributed by atoms with E-state index in [-0.39, 0.29) is 26.1 Å². The third kappa shape index (κ3) is 8.67. The summed E-state index contributed by atoms with van der Waals surface area (Å²) in [6, 6.07) is 0. The van der Waals surface area contributed by atoms with Gasteiger partial charge in [0.2, 0.25) is 0 Å². The molecule has 0 aliphatic rings. The number of carboxylic acids is 1. The summed E-state index contributed by atoms with van der Waals surface area (Å²) in [6.45, 7) is 4.00. The standard InChI is InChI=1S/C12H16O8/c1-3-9(13)18-6-4-10(14)19-7-5-11(15)20-8(2)12(16)17/h3,8H,1,4-7H2,2H3,(H,16,17). The SMILES string of the molecule is C=CC(=O)OCCC(=O)OCCC(=O)OC(C)C(=O)O. The zero-order valence-electron chi connectivity index (χ0n) is 11.0. The lowest BCUT2D eigenvalue weighted by atomic mass is 10.4. The van der Waals surface area contributed by atoms with Crippen molar-refractivity contribution < 1.29 is 38.5 Å². The van der Waals surface area contributed by atoms with E-state index in [0.29, 0.717) is 0 Å². The molecule has 20 heavy (non-hydrogen) atoms. The minimum Gasteiger partial charge on any atom is -0.479 e. The van der Waals surface area contributed by atoms with Crippen LogP contribution in [0.5, 0.6) is 0 Å². The molecule has 0 aliphatic heterocycles. The Morgan fingerprint density at radius 2 is 1.65 bits per heavy atom.